The highest BCUT2D eigenvalue weighted by Crippen LogP contribution is 2.30. The molecule has 0 spiro atoms. The van der Waals surface area contributed by atoms with Crippen molar-refractivity contribution in [2.75, 3.05) is 32.8 Å². The van der Waals surface area contributed by atoms with Crippen molar-refractivity contribution in [1.82, 2.24) is 9.80 Å². The molecule has 5 nitrogen and oxygen atoms in total. The Hall–Kier alpha value is -2.50. The zero-order valence-corrected chi connectivity index (χ0v) is 27.4. The predicted octanol–water partition coefficient (Wildman–Crippen LogP) is 8.68. The minimum Gasteiger partial charge on any atom is -0.490 e. The molecule has 2 aliphatic heterocycles. The molecule has 2 aromatic rings. The second-order valence-corrected chi connectivity index (χ2v) is 9.66. The van der Waals surface area contributed by atoms with E-state index in [-0.39, 0.29) is 5.48 Å². The molecule has 0 aliphatic carbocycles. The summed E-state index contributed by atoms with van der Waals surface area (Å²) < 4.78 is 11.4. The first-order valence-electron chi connectivity index (χ1n) is 15.6. The van der Waals surface area contributed by atoms with E-state index in [0.29, 0.717) is 5.92 Å². The molecule has 2 aliphatic rings. The smallest absolute Gasteiger partial charge is 0.161 e. The van der Waals surface area contributed by atoms with Gasteiger partial charge in [-0.05, 0) is 68.2 Å². The molecule has 1 fully saturated rings. The summed E-state index contributed by atoms with van der Waals surface area (Å²) in [4.78, 5) is 4.79. The molecule has 0 atom stereocenters. The fourth-order valence-electron chi connectivity index (χ4n) is 4.28. The van der Waals surface area contributed by atoms with Crippen molar-refractivity contribution in [3.63, 3.8) is 0 Å². The minimum atomic E-state index is 0. The third-order valence-electron chi connectivity index (χ3n) is 6.03. The first-order chi connectivity index (χ1) is 19.0. The molecule has 0 amide bonds. The maximum Gasteiger partial charge on any atom is 0.161 e. The molecule has 0 bridgehead atoms. The molecule has 2 aromatic carbocycles. The van der Waals surface area contributed by atoms with E-state index in [9.17, 15) is 0 Å². The van der Waals surface area contributed by atoms with Crippen LogP contribution in [0.5, 0.6) is 11.5 Å². The maximum absolute atomic E-state index is 5.72. The molecule has 40 heavy (non-hydrogen) atoms. The van der Waals surface area contributed by atoms with Crippen LogP contribution in [0.4, 0.5) is 0 Å². The number of likely N-dealkylation sites (tertiary alicyclic amines) is 1. The maximum atomic E-state index is 5.72. The van der Waals surface area contributed by atoms with Gasteiger partial charge in [0.05, 0.1) is 13.2 Å². The summed E-state index contributed by atoms with van der Waals surface area (Å²) in [6.45, 7) is 29.5. The number of rotatable bonds is 7. The SMILES string of the molecule is C=CN(Cc1ccc2c(c1)OCCCO2)CC(C)C.CC.CC.CC.Cc1ccc(CN2CCCCC2)cc1.O. The molecule has 5 heteroatoms. The van der Waals surface area contributed by atoms with Crippen LogP contribution in [0.15, 0.2) is 55.2 Å². The van der Waals surface area contributed by atoms with Crippen molar-refractivity contribution in [3.05, 3.63) is 71.9 Å². The largest absolute Gasteiger partial charge is 0.490 e. The molecule has 4 rings (SSSR count). The Morgan fingerprint density at radius 1 is 0.800 bits per heavy atom. The van der Waals surface area contributed by atoms with Gasteiger partial charge < -0.3 is 19.8 Å². The molecule has 2 N–H and O–H groups in total. The van der Waals surface area contributed by atoms with Crippen molar-refractivity contribution < 1.29 is 14.9 Å². The first-order valence-corrected chi connectivity index (χ1v) is 15.6. The lowest BCUT2D eigenvalue weighted by molar-refractivity contribution is 0.221. The van der Waals surface area contributed by atoms with Gasteiger partial charge in [0.15, 0.2) is 11.5 Å². The number of benzene rings is 2. The Morgan fingerprint density at radius 2 is 1.35 bits per heavy atom. The zero-order chi connectivity index (χ0) is 29.5. The van der Waals surface area contributed by atoms with Gasteiger partial charge in [-0.15, -0.1) is 0 Å². The number of piperidine rings is 1. The summed E-state index contributed by atoms with van der Waals surface area (Å²) in [5.41, 5.74) is 4.04. The van der Waals surface area contributed by atoms with Crippen LogP contribution in [0.1, 0.15) is 97.8 Å². The number of fused-ring (bicyclic) bond motifs is 1. The van der Waals surface area contributed by atoms with E-state index >= 15 is 0 Å². The standard InChI is InChI=1S/C16H23NO2.C13H19N.3C2H6.H2O/c1-4-17(11-13(2)3)12-14-6-7-15-16(10-14)19-9-5-8-18-15;1-12-5-7-13(8-6-12)11-14-9-3-2-4-10-14;3*1-2;/h4,6-7,10,13H,1,5,8-9,11-12H2,2-3H3;5-8H,2-4,9-11H2,1H3;3*1-2H3;1H2. The Balaban J connectivity index is 0. The average molecular weight is 559 g/mol. The summed E-state index contributed by atoms with van der Waals surface area (Å²) >= 11 is 0. The van der Waals surface area contributed by atoms with E-state index in [1.165, 1.54) is 49.0 Å². The third-order valence-corrected chi connectivity index (χ3v) is 6.03. The van der Waals surface area contributed by atoms with Gasteiger partial charge in [-0.1, -0.05) is 104 Å². The van der Waals surface area contributed by atoms with Gasteiger partial charge >= 0.3 is 0 Å². The molecule has 1 saturated heterocycles. The van der Waals surface area contributed by atoms with Crippen molar-refractivity contribution in [3.8, 4) is 11.5 Å². The first kappa shape index (κ1) is 39.6. The minimum absolute atomic E-state index is 0. The number of nitrogens with zero attached hydrogens (tertiary/aromatic N) is 2. The monoisotopic (exact) mass is 558 g/mol. The normalized spacial score (nSPS) is 13.6. The van der Waals surface area contributed by atoms with Gasteiger partial charge in [0.25, 0.3) is 0 Å². The third kappa shape index (κ3) is 16.6. The van der Waals surface area contributed by atoms with Gasteiger partial charge in [0.2, 0.25) is 0 Å². The van der Waals surface area contributed by atoms with E-state index in [2.05, 4.69) is 73.5 Å². The predicted molar refractivity (Wildman–Crippen MR) is 175 cm³/mol. The number of ether oxygens (including phenoxy) is 2. The van der Waals surface area contributed by atoms with Crippen LogP contribution < -0.4 is 9.47 Å². The second-order valence-electron chi connectivity index (χ2n) is 9.66. The Bertz CT molecular complexity index is 846. The van der Waals surface area contributed by atoms with Crippen LogP contribution in [0, 0.1) is 12.8 Å². The highest BCUT2D eigenvalue weighted by Gasteiger charge is 2.12. The Labute approximate surface area is 247 Å². The van der Waals surface area contributed by atoms with Gasteiger partial charge in [-0.2, -0.15) is 0 Å². The lowest BCUT2D eigenvalue weighted by atomic mass is 10.1. The Morgan fingerprint density at radius 3 is 1.90 bits per heavy atom. The number of hydrogen-bond acceptors (Lipinski definition) is 4. The molecule has 0 unspecified atom stereocenters. The van der Waals surface area contributed by atoms with Crippen molar-refractivity contribution >= 4 is 0 Å². The van der Waals surface area contributed by atoms with Crippen molar-refractivity contribution in [1.29, 1.82) is 0 Å². The van der Waals surface area contributed by atoms with Gasteiger partial charge in [0.1, 0.15) is 0 Å². The Kier molecular flexibility index (Phi) is 25.2. The van der Waals surface area contributed by atoms with Gasteiger partial charge in [-0.25, -0.2) is 0 Å². The summed E-state index contributed by atoms with van der Waals surface area (Å²) in [6, 6.07) is 15.1. The second kappa shape index (κ2) is 25.5. The van der Waals surface area contributed by atoms with E-state index in [0.717, 1.165) is 50.8 Å². The average Bonchev–Trinajstić information content (AvgIpc) is 3.23. The molecular weight excluding hydrogens is 496 g/mol. The highest BCUT2D eigenvalue weighted by atomic mass is 16.5. The number of hydrogen-bond donors (Lipinski definition) is 0. The van der Waals surface area contributed by atoms with Gasteiger partial charge in [0, 0.05) is 26.1 Å². The summed E-state index contributed by atoms with van der Waals surface area (Å²) in [5.74, 6) is 2.34. The van der Waals surface area contributed by atoms with Crippen LogP contribution in [-0.4, -0.2) is 48.1 Å². The van der Waals surface area contributed by atoms with E-state index in [1.54, 1.807) is 0 Å². The fraction of sp³-hybridized carbons (Fsp3) is 0.600. The van der Waals surface area contributed by atoms with Crippen molar-refractivity contribution in [2.45, 2.75) is 101 Å². The van der Waals surface area contributed by atoms with Crippen molar-refractivity contribution in [2.24, 2.45) is 5.92 Å². The van der Waals surface area contributed by atoms with E-state index in [1.807, 2.05) is 53.8 Å². The fourth-order valence-corrected chi connectivity index (χ4v) is 4.28. The summed E-state index contributed by atoms with van der Waals surface area (Å²) in [5, 5.41) is 0. The topological polar surface area (TPSA) is 56.4 Å². The molecule has 0 saturated carbocycles. The van der Waals surface area contributed by atoms with E-state index < -0.39 is 0 Å². The van der Waals surface area contributed by atoms with Gasteiger partial charge in [-0.3, -0.25) is 4.90 Å². The summed E-state index contributed by atoms with van der Waals surface area (Å²) in [6.07, 6.45) is 7.03. The molecule has 0 aromatic heterocycles. The highest BCUT2D eigenvalue weighted by molar-refractivity contribution is 5.43. The molecule has 0 radical (unpaired) electrons. The lowest BCUT2D eigenvalue weighted by Crippen LogP contribution is -2.28. The summed E-state index contributed by atoms with van der Waals surface area (Å²) in [7, 11) is 0. The van der Waals surface area contributed by atoms with Crippen LogP contribution in [0.2, 0.25) is 0 Å². The van der Waals surface area contributed by atoms with Crippen LogP contribution in [0.25, 0.3) is 0 Å². The lowest BCUT2D eigenvalue weighted by Gasteiger charge is -2.26. The van der Waals surface area contributed by atoms with Crippen LogP contribution in [0.3, 0.4) is 0 Å². The van der Waals surface area contributed by atoms with Crippen LogP contribution >= 0.6 is 0 Å². The van der Waals surface area contributed by atoms with E-state index in [4.69, 9.17) is 9.47 Å². The molecule has 2 heterocycles. The number of aryl methyl sites for hydroxylation is 1. The quantitative estimate of drug-likeness (QED) is 0.341. The molecule has 230 valence electrons. The van der Waals surface area contributed by atoms with Crippen LogP contribution in [-0.2, 0) is 13.1 Å². The molecular formula is C35H62N2O3. The zero-order valence-electron chi connectivity index (χ0n) is 27.4.